The lowest BCUT2D eigenvalue weighted by Gasteiger charge is -2.20. The normalized spacial score (nSPS) is 13.0. The second-order valence-corrected chi connectivity index (χ2v) is 18.5. The zero-order valence-electron chi connectivity index (χ0n) is 41.8. The van der Waals surface area contributed by atoms with Crippen LogP contribution in [0.1, 0.15) is 277 Å². The minimum absolute atomic E-state index is 0.0245. The summed E-state index contributed by atoms with van der Waals surface area (Å²) in [5.41, 5.74) is 0. The fourth-order valence-corrected chi connectivity index (χ4v) is 8.07. The highest BCUT2D eigenvalue weighted by Crippen LogP contribution is 2.15. The molecule has 2 atom stereocenters. The number of hydrogen-bond donors (Lipinski definition) is 3. The van der Waals surface area contributed by atoms with E-state index in [1.165, 1.54) is 167 Å². The van der Waals surface area contributed by atoms with Gasteiger partial charge in [0.25, 0.3) is 0 Å². The highest BCUT2D eigenvalue weighted by molar-refractivity contribution is 5.76. The summed E-state index contributed by atoms with van der Waals surface area (Å²) < 4.78 is 5.45. The van der Waals surface area contributed by atoms with Gasteiger partial charge in [0.15, 0.2) is 0 Å². The van der Waals surface area contributed by atoms with Gasteiger partial charge in [-0.3, -0.25) is 9.59 Å². The smallest absolute Gasteiger partial charge is 0.305 e. The van der Waals surface area contributed by atoms with Crippen LogP contribution in [-0.4, -0.2) is 47.4 Å². The van der Waals surface area contributed by atoms with Crippen LogP contribution in [0.3, 0.4) is 0 Å². The third-order valence-electron chi connectivity index (χ3n) is 12.3. The monoisotopic (exact) mass is 884 g/mol. The Labute approximate surface area is 391 Å². The van der Waals surface area contributed by atoms with Crippen molar-refractivity contribution in [1.29, 1.82) is 0 Å². The van der Waals surface area contributed by atoms with Gasteiger partial charge >= 0.3 is 5.97 Å². The third kappa shape index (κ3) is 49.1. The molecule has 0 aromatic carbocycles. The maximum Gasteiger partial charge on any atom is 0.305 e. The molecule has 0 aliphatic carbocycles. The molecule has 0 bridgehead atoms. The Hall–Kier alpha value is -2.18. The molecule has 0 saturated heterocycles. The first-order chi connectivity index (χ1) is 31.0. The van der Waals surface area contributed by atoms with Gasteiger partial charge in [-0.25, -0.2) is 0 Å². The molecule has 0 rings (SSSR count). The van der Waals surface area contributed by atoms with Gasteiger partial charge in [0.2, 0.25) is 5.91 Å². The molecule has 3 N–H and O–H groups in total. The number of ether oxygens (including phenoxy) is 1. The quantitative estimate of drug-likeness (QED) is 0.0321. The number of rotatable bonds is 50. The molecule has 0 radical (unpaired) electrons. The number of hydrogen-bond acceptors (Lipinski definition) is 5. The largest absolute Gasteiger partial charge is 0.466 e. The lowest BCUT2D eigenvalue weighted by atomic mass is 10.0. The van der Waals surface area contributed by atoms with Crippen LogP contribution in [0.15, 0.2) is 48.6 Å². The molecule has 6 nitrogen and oxygen atoms in total. The molecular weight excluding hydrogens is 779 g/mol. The first-order valence-corrected chi connectivity index (χ1v) is 27.4. The summed E-state index contributed by atoms with van der Waals surface area (Å²) in [5, 5.41) is 23.0. The van der Waals surface area contributed by atoms with Crippen LogP contribution in [-0.2, 0) is 14.3 Å². The number of carbonyl (C=O) groups excluding carboxylic acids is 2. The van der Waals surface area contributed by atoms with Gasteiger partial charge in [-0.15, -0.1) is 0 Å². The minimum Gasteiger partial charge on any atom is -0.466 e. The summed E-state index contributed by atoms with van der Waals surface area (Å²) >= 11 is 0. The van der Waals surface area contributed by atoms with Crippen molar-refractivity contribution in [1.82, 2.24) is 5.32 Å². The van der Waals surface area contributed by atoms with Gasteiger partial charge < -0.3 is 20.3 Å². The number of aliphatic hydroxyl groups is 2. The average Bonchev–Trinajstić information content (AvgIpc) is 3.28. The first kappa shape index (κ1) is 60.8. The number of nitrogens with one attached hydrogen (secondary N) is 1. The molecular formula is C57H105NO5. The van der Waals surface area contributed by atoms with E-state index in [0.717, 1.165) is 83.5 Å². The molecule has 0 aromatic rings. The van der Waals surface area contributed by atoms with E-state index < -0.39 is 12.1 Å². The van der Waals surface area contributed by atoms with Crippen LogP contribution in [0, 0.1) is 0 Å². The number of esters is 1. The van der Waals surface area contributed by atoms with Crippen molar-refractivity contribution in [2.75, 3.05) is 13.2 Å². The highest BCUT2D eigenvalue weighted by Gasteiger charge is 2.18. The summed E-state index contributed by atoms with van der Waals surface area (Å²) in [4.78, 5) is 24.5. The molecule has 0 saturated carbocycles. The Morgan fingerprint density at radius 3 is 1.22 bits per heavy atom. The fourth-order valence-electron chi connectivity index (χ4n) is 8.07. The van der Waals surface area contributed by atoms with E-state index in [-0.39, 0.29) is 18.5 Å². The van der Waals surface area contributed by atoms with E-state index in [1.807, 2.05) is 6.08 Å². The van der Waals surface area contributed by atoms with Gasteiger partial charge in [-0.1, -0.05) is 217 Å². The Morgan fingerprint density at radius 2 is 0.794 bits per heavy atom. The lowest BCUT2D eigenvalue weighted by Crippen LogP contribution is -2.45. The molecule has 2 unspecified atom stereocenters. The molecule has 0 aliphatic rings. The molecule has 0 heterocycles. The van der Waals surface area contributed by atoms with Crippen LogP contribution >= 0.6 is 0 Å². The Balaban J connectivity index is 3.53. The molecule has 0 aromatic heterocycles. The maximum atomic E-state index is 12.4. The topological polar surface area (TPSA) is 95.9 Å². The van der Waals surface area contributed by atoms with Crippen molar-refractivity contribution in [2.45, 2.75) is 289 Å². The van der Waals surface area contributed by atoms with E-state index in [0.29, 0.717) is 19.4 Å². The average molecular weight is 884 g/mol. The van der Waals surface area contributed by atoms with Crippen molar-refractivity contribution in [2.24, 2.45) is 0 Å². The van der Waals surface area contributed by atoms with Crippen LogP contribution in [0.5, 0.6) is 0 Å². The third-order valence-corrected chi connectivity index (χ3v) is 12.3. The highest BCUT2D eigenvalue weighted by atomic mass is 16.5. The molecule has 6 heteroatoms. The Morgan fingerprint density at radius 1 is 0.444 bits per heavy atom. The predicted molar refractivity (Wildman–Crippen MR) is 273 cm³/mol. The molecule has 368 valence electrons. The number of amides is 1. The second kappa shape index (κ2) is 52.4. The van der Waals surface area contributed by atoms with Gasteiger partial charge in [-0.2, -0.15) is 0 Å². The summed E-state index contributed by atoms with van der Waals surface area (Å²) in [6, 6.07) is -0.640. The summed E-state index contributed by atoms with van der Waals surface area (Å²) in [7, 11) is 0. The fraction of sp³-hybridized carbons (Fsp3) is 0.825. The molecule has 0 spiro atoms. The van der Waals surface area contributed by atoms with Crippen molar-refractivity contribution in [3.05, 3.63) is 48.6 Å². The summed E-state index contributed by atoms with van der Waals surface area (Å²) in [6.45, 7) is 4.84. The number of aliphatic hydroxyl groups excluding tert-OH is 2. The lowest BCUT2D eigenvalue weighted by molar-refractivity contribution is -0.143. The zero-order chi connectivity index (χ0) is 45.8. The first-order valence-electron chi connectivity index (χ1n) is 27.4. The van der Waals surface area contributed by atoms with Gasteiger partial charge in [0.05, 0.1) is 25.4 Å². The predicted octanol–water partition coefficient (Wildman–Crippen LogP) is 16.6. The molecule has 0 aliphatic heterocycles. The molecule has 0 fully saturated rings. The molecule has 63 heavy (non-hydrogen) atoms. The SMILES string of the molecule is CCCCCCCCC/C=C\CCCCCCCC(=O)OCCCCC/C=C\C/C=C\CCCCCCCCCC(=O)NC(CO)C(O)/C=C/CCCCCCCCCCCCC. The second-order valence-electron chi connectivity index (χ2n) is 18.5. The van der Waals surface area contributed by atoms with E-state index in [2.05, 4.69) is 55.6 Å². The molecule has 1 amide bonds. The van der Waals surface area contributed by atoms with E-state index in [4.69, 9.17) is 4.74 Å². The van der Waals surface area contributed by atoms with Crippen molar-refractivity contribution < 1.29 is 24.5 Å². The summed E-state index contributed by atoms with van der Waals surface area (Å²) in [6.07, 6.45) is 65.5. The van der Waals surface area contributed by atoms with Crippen LogP contribution in [0.4, 0.5) is 0 Å². The van der Waals surface area contributed by atoms with Crippen molar-refractivity contribution in [3.63, 3.8) is 0 Å². The summed E-state index contributed by atoms with van der Waals surface area (Å²) in [5.74, 6) is -0.110. The van der Waals surface area contributed by atoms with E-state index in [9.17, 15) is 19.8 Å². The van der Waals surface area contributed by atoms with E-state index >= 15 is 0 Å². The Kier molecular flexibility index (Phi) is 50.6. The Bertz CT molecular complexity index is 1070. The van der Waals surface area contributed by atoms with Crippen molar-refractivity contribution in [3.8, 4) is 0 Å². The van der Waals surface area contributed by atoms with Crippen LogP contribution in [0.2, 0.25) is 0 Å². The minimum atomic E-state index is -0.855. The van der Waals surface area contributed by atoms with Gasteiger partial charge in [0, 0.05) is 12.8 Å². The standard InChI is InChI=1S/C57H105NO5/c1-3-5-7-9-11-13-15-17-18-23-27-31-35-39-43-47-51-57(62)63-52-48-44-40-36-32-28-24-21-19-20-22-26-30-34-38-42-46-50-56(61)58-54(53-59)55(60)49-45-41-37-33-29-25-16-14-12-10-8-6-4-2/h18-19,21,23,28,32,45,49,54-55,59-60H,3-17,20,22,24-27,29-31,33-44,46-48,50-53H2,1-2H3,(H,58,61)/b21-19-,23-18-,32-28-,49-45+. The zero-order valence-corrected chi connectivity index (χ0v) is 41.8. The van der Waals surface area contributed by atoms with Gasteiger partial charge in [-0.05, 0) is 96.3 Å². The van der Waals surface area contributed by atoms with Crippen molar-refractivity contribution >= 4 is 11.9 Å². The van der Waals surface area contributed by atoms with Crippen LogP contribution in [0.25, 0.3) is 0 Å². The van der Waals surface area contributed by atoms with Crippen LogP contribution < -0.4 is 5.32 Å². The number of unbranched alkanes of at least 4 members (excludes halogenated alkanes) is 33. The number of allylic oxidation sites excluding steroid dienone is 7. The number of carbonyl (C=O) groups is 2. The van der Waals surface area contributed by atoms with E-state index in [1.54, 1.807) is 6.08 Å². The maximum absolute atomic E-state index is 12.4. The van der Waals surface area contributed by atoms with Gasteiger partial charge in [0.1, 0.15) is 0 Å².